The van der Waals surface area contributed by atoms with Gasteiger partial charge in [0.1, 0.15) is 17.2 Å². The Hall–Kier alpha value is -3.57. The van der Waals surface area contributed by atoms with E-state index in [0.717, 1.165) is 23.1 Å². The summed E-state index contributed by atoms with van der Waals surface area (Å²) in [6.07, 6.45) is -1.91. The topological polar surface area (TPSA) is 115 Å². The minimum atomic E-state index is -4.73. The lowest BCUT2D eigenvalue weighted by Crippen LogP contribution is -2.33. The van der Waals surface area contributed by atoms with Gasteiger partial charge in [-0.15, -0.1) is 13.2 Å². The van der Waals surface area contributed by atoms with Crippen molar-refractivity contribution in [1.82, 2.24) is 4.90 Å². The van der Waals surface area contributed by atoms with Gasteiger partial charge in [-0.3, -0.25) is 9.32 Å². The maximum absolute atomic E-state index is 13.0. The highest BCUT2D eigenvalue weighted by molar-refractivity contribution is 7.46. The Morgan fingerprint density at radius 3 is 2.16 bits per heavy atom. The number of phosphoric acid groups is 1. The zero-order valence-electron chi connectivity index (χ0n) is 23.7. The summed E-state index contributed by atoms with van der Waals surface area (Å²) in [4.78, 5) is 32.5. The monoisotopic (exact) mass is 625 g/mol. The van der Waals surface area contributed by atoms with Gasteiger partial charge in [0.25, 0.3) is 0 Å². The van der Waals surface area contributed by atoms with E-state index >= 15 is 0 Å². The number of phosphoric ester groups is 1. The number of alkyl halides is 3. The van der Waals surface area contributed by atoms with E-state index in [-0.39, 0.29) is 37.8 Å². The van der Waals surface area contributed by atoms with Crippen molar-refractivity contribution in [2.75, 3.05) is 26.9 Å². The van der Waals surface area contributed by atoms with E-state index in [2.05, 4.69) is 9.26 Å². The van der Waals surface area contributed by atoms with Crippen molar-refractivity contribution in [1.29, 1.82) is 0 Å². The number of hydrogen-bond acceptors (Lipinski definition) is 6. The number of halogens is 3. The van der Waals surface area contributed by atoms with Crippen LogP contribution in [0.15, 0.2) is 72.8 Å². The van der Waals surface area contributed by atoms with Gasteiger partial charge in [-0.2, -0.15) is 0 Å². The van der Waals surface area contributed by atoms with Crippen LogP contribution in [-0.4, -0.2) is 53.8 Å². The second-order valence-electron chi connectivity index (χ2n) is 9.63. The van der Waals surface area contributed by atoms with Crippen LogP contribution in [0.2, 0.25) is 0 Å². The number of rotatable bonds is 17. The van der Waals surface area contributed by atoms with Crippen molar-refractivity contribution >= 4 is 13.7 Å². The molecule has 0 aromatic heterocycles. The van der Waals surface area contributed by atoms with Crippen LogP contribution in [0.25, 0.3) is 0 Å². The molecule has 0 radical (unpaired) electrons. The summed E-state index contributed by atoms with van der Waals surface area (Å²) >= 11 is 0. The van der Waals surface area contributed by atoms with Crippen LogP contribution in [0.1, 0.15) is 36.0 Å². The largest absolute Gasteiger partial charge is 0.573 e. The van der Waals surface area contributed by atoms with Crippen molar-refractivity contribution in [3.63, 3.8) is 0 Å². The number of nitrogens with zero attached hydrogens (tertiary/aromatic N) is 1. The molecular formula is C30H35F3NO8P. The molecule has 9 nitrogen and oxygen atoms in total. The minimum absolute atomic E-state index is 0.0286. The zero-order chi connectivity index (χ0) is 31.3. The first-order chi connectivity index (χ1) is 20.4. The molecule has 234 valence electrons. The van der Waals surface area contributed by atoms with Gasteiger partial charge in [0.05, 0.1) is 20.3 Å². The Labute approximate surface area is 248 Å². The van der Waals surface area contributed by atoms with Gasteiger partial charge in [0.15, 0.2) is 0 Å². The smallest absolute Gasteiger partial charge is 0.497 e. The third-order valence-electron chi connectivity index (χ3n) is 6.33. The highest BCUT2D eigenvalue weighted by atomic mass is 31.2. The third-order valence-corrected chi connectivity index (χ3v) is 6.85. The molecular weight excluding hydrogens is 590 g/mol. The summed E-state index contributed by atoms with van der Waals surface area (Å²) in [7, 11) is -3.09. The number of amides is 1. The molecule has 0 spiro atoms. The lowest BCUT2D eigenvalue weighted by molar-refractivity contribution is -0.274. The van der Waals surface area contributed by atoms with Crippen molar-refractivity contribution in [3.05, 3.63) is 89.5 Å². The predicted octanol–water partition coefficient (Wildman–Crippen LogP) is 6.07. The van der Waals surface area contributed by atoms with Gasteiger partial charge in [-0.25, -0.2) is 4.57 Å². The number of benzene rings is 3. The average Bonchev–Trinajstić information content (AvgIpc) is 2.95. The summed E-state index contributed by atoms with van der Waals surface area (Å²) in [5, 5.41) is 0. The molecule has 3 aromatic rings. The van der Waals surface area contributed by atoms with Gasteiger partial charge in [-0.1, -0.05) is 36.4 Å². The van der Waals surface area contributed by atoms with E-state index in [9.17, 15) is 22.5 Å². The van der Waals surface area contributed by atoms with Crippen LogP contribution in [-0.2, 0) is 33.3 Å². The Bertz CT molecular complexity index is 1330. The first kappa shape index (κ1) is 33.9. The summed E-state index contributed by atoms with van der Waals surface area (Å²) in [5.41, 5.74) is 2.68. The molecule has 0 bridgehead atoms. The minimum Gasteiger partial charge on any atom is -0.497 e. The zero-order valence-corrected chi connectivity index (χ0v) is 24.6. The third kappa shape index (κ3) is 13.5. The van der Waals surface area contributed by atoms with E-state index in [1.807, 2.05) is 36.4 Å². The fourth-order valence-electron chi connectivity index (χ4n) is 4.21. The Morgan fingerprint density at radius 2 is 1.51 bits per heavy atom. The first-order valence-electron chi connectivity index (χ1n) is 13.6. The normalized spacial score (nSPS) is 11.7. The van der Waals surface area contributed by atoms with Gasteiger partial charge in [0.2, 0.25) is 5.91 Å². The quantitative estimate of drug-likeness (QED) is 0.137. The number of carbonyl (C=O) groups is 1. The molecule has 43 heavy (non-hydrogen) atoms. The van der Waals surface area contributed by atoms with Gasteiger partial charge >= 0.3 is 14.2 Å². The standard InChI is InChI=1S/C30H35F3NO8P/c1-39-26-13-11-25(12-14-26)22-34(18-20-41-43(36,37)38)29(35)8-3-2-5-24-6-4-7-28(21-24)40-19-17-23-9-15-27(16-10-23)42-30(31,32)33/h4,6-7,9-16,21H,2-3,5,8,17-20,22H2,1H3,(H2,36,37,38). The van der Waals surface area contributed by atoms with Crippen LogP contribution in [0, 0.1) is 0 Å². The fourth-order valence-corrected chi connectivity index (χ4v) is 4.53. The molecule has 0 atom stereocenters. The summed E-state index contributed by atoms with van der Waals surface area (Å²) in [5.74, 6) is 0.918. The van der Waals surface area contributed by atoms with Crippen LogP contribution < -0.4 is 14.2 Å². The van der Waals surface area contributed by atoms with E-state index in [1.165, 1.54) is 17.0 Å². The summed E-state index contributed by atoms with van der Waals surface area (Å²) in [6.45, 7) is 0.336. The molecule has 0 aliphatic heterocycles. The maximum atomic E-state index is 13.0. The SMILES string of the molecule is COc1ccc(CN(CCOP(=O)(O)O)C(=O)CCCCc2cccc(OCCc3ccc(OC(F)(F)F)cc3)c2)cc1. The number of hydrogen-bond donors (Lipinski definition) is 2. The highest BCUT2D eigenvalue weighted by Gasteiger charge is 2.31. The lowest BCUT2D eigenvalue weighted by Gasteiger charge is -2.23. The molecule has 3 aromatic carbocycles. The van der Waals surface area contributed by atoms with Crippen LogP contribution in [0.5, 0.6) is 17.2 Å². The van der Waals surface area contributed by atoms with Crippen molar-refractivity contribution in [2.45, 2.75) is 45.0 Å². The molecule has 0 saturated carbocycles. The molecule has 3 rings (SSSR count). The number of ether oxygens (including phenoxy) is 3. The van der Waals surface area contributed by atoms with Crippen molar-refractivity contribution < 1.29 is 51.1 Å². The maximum Gasteiger partial charge on any atom is 0.573 e. The molecule has 0 heterocycles. The Kier molecular flexibility index (Phi) is 12.9. The van der Waals surface area contributed by atoms with E-state index in [0.29, 0.717) is 37.4 Å². The van der Waals surface area contributed by atoms with Crippen molar-refractivity contribution in [3.8, 4) is 17.2 Å². The number of unbranched alkanes of at least 4 members (excludes halogenated alkanes) is 1. The van der Waals surface area contributed by atoms with E-state index < -0.39 is 14.2 Å². The molecule has 2 N–H and O–H groups in total. The van der Waals surface area contributed by atoms with Crippen LogP contribution in [0.3, 0.4) is 0 Å². The first-order valence-corrected chi connectivity index (χ1v) is 15.1. The fraction of sp³-hybridized carbons (Fsp3) is 0.367. The van der Waals surface area contributed by atoms with Crippen LogP contribution in [0.4, 0.5) is 13.2 Å². The molecule has 0 aliphatic rings. The second-order valence-corrected chi connectivity index (χ2v) is 10.9. The van der Waals surface area contributed by atoms with E-state index in [1.54, 1.807) is 31.4 Å². The average molecular weight is 626 g/mol. The molecule has 13 heteroatoms. The Morgan fingerprint density at radius 1 is 0.837 bits per heavy atom. The molecule has 1 amide bonds. The number of aryl methyl sites for hydroxylation is 1. The van der Waals surface area contributed by atoms with Crippen LogP contribution >= 0.6 is 7.82 Å². The molecule has 0 unspecified atom stereocenters. The van der Waals surface area contributed by atoms with E-state index in [4.69, 9.17) is 19.3 Å². The molecule has 0 aliphatic carbocycles. The summed E-state index contributed by atoms with van der Waals surface area (Å²) in [6, 6.07) is 20.4. The number of carbonyl (C=O) groups excluding carboxylic acids is 1. The van der Waals surface area contributed by atoms with Gasteiger partial charge < -0.3 is 28.9 Å². The predicted molar refractivity (Wildman–Crippen MR) is 153 cm³/mol. The summed E-state index contributed by atoms with van der Waals surface area (Å²) < 4.78 is 67.4. The molecule has 0 saturated heterocycles. The molecule has 0 fully saturated rings. The Balaban J connectivity index is 1.44. The second kappa shape index (κ2) is 16.3. The van der Waals surface area contributed by atoms with Gasteiger partial charge in [0, 0.05) is 25.9 Å². The highest BCUT2D eigenvalue weighted by Crippen LogP contribution is 2.35. The van der Waals surface area contributed by atoms with Crippen molar-refractivity contribution in [2.24, 2.45) is 0 Å². The lowest BCUT2D eigenvalue weighted by atomic mass is 10.1. The number of methoxy groups -OCH3 is 1. The van der Waals surface area contributed by atoms with Gasteiger partial charge in [-0.05, 0) is 72.4 Å².